The van der Waals surface area contributed by atoms with Crippen molar-refractivity contribution in [3.63, 3.8) is 0 Å². The molecule has 1 heterocycles. The van der Waals surface area contributed by atoms with Crippen LogP contribution in [0.25, 0.3) is 0 Å². The Balaban J connectivity index is 2.08. The summed E-state index contributed by atoms with van der Waals surface area (Å²) in [4.78, 5) is 30.1. The number of carbonyl (C=O) groups is 1. The maximum atomic E-state index is 12.3. The molecule has 0 saturated heterocycles. The maximum Gasteiger partial charge on any atom is 0.323 e. The molecule has 4 N–H and O–H groups in total. The average molecular weight is 252 g/mol. The molecular weight excluding hydrogens is 232 g/mol. The average Bonchev–Trinajstić information content (AvgIpc) is 2.79. The largest absolute Gasteiger partial charge is 0.335 e. The minimum atomic E-state index is -0.347. The smallest absolute Gasteiger partial charge is 0.323 e. The lowest BCUT2D eigenvalue weighted by molar-refractivity contribution is 0.0635. The second kappa shape index (κ2) is 5.39. The van der Waals surface area contributed by atoms with Crippen LogP contribution in [-0.2, 0) is 0 Å². The molecule has 2 rings (SSSR count). The number of amides is 1. The van der Waals surface area contributed by atoms with Gasteiger partial charge in [-0.15, -0.1) is 0 Å². The second-order valence-corrected chi connectivity index (χ2v) is 4.82. The summed E-state index contributed by atoms with van der Waals surface area (Å²) in [6.45, 7) is 2.60. The predicted molar refractivity (Wildman–Crippen MR) is 68.4 cm³/mol. The molecule has 1 saturated carbocycles. The van der Waals surface area contributed by atoms with E-state index in [4.69, 9.17) is 5.73 Å². The lowest BCUT2D eigenvalue weighted by atomic mass is 9.90. The lowest BCUT2D eigenvalue weighted by Gasteiger charge is -2.35. The van der Waals surface area contributed by atoms with Crippen molar-refractivity contribution in [2.24, 2.45) is 5.73 Å². The Hall–Kier alpha value is -1.56. The van der Waals surface area contributed by atoms with E-state index in [1.54, 1.807) is 0 Å². The third-order valence-electron chi connectivity index (χ3n) is 3.61. The third kappa shape index (κ3) is 2.64. The molecule has 0 aromatic carbocycles. The van der Waals surface area contributed by atoms with Crippen LogP contribution in [0.3, 0.4) is 0 Å². The normalized spacial score (nSPS) is 23.9. The van der Waals surface area contributed by atoms with Crippen LogP contribution in [0.4, 0.5) is 0 Å². The number of carbonyl (C=O) groups excluding carboxylic acids is 1. The van der Waals surface area contributed by atoms with Crippen molar-refractivity contribution in [3.8, 4) is 0 Å². The van der Waals surface area contributed by atoms with Crippen molar-refractivity contribution in [1.82, 2.24) is 14.9 Å². The van der Waals surface area contributed by atoms with Gasteiger partial charge in [-0.2, -0.15) is 0 Å². The zero-order valence-corrected chi connectivity index (χ0v) is 10.6. The van der Waals surface area contributed by atoms with E-state index in [0.29, 0.717) is 12.2 Å². The molecule has 0 aliphatic heterocycles. The number of imidazole rings is 1. The Morgan fingerprint density at radius 1 is 1.44 bits per heavy atom. The molecule has 100 valence electrons. The zero-order chi connectivity index (χ0) is 13.1. The Morgan fingerprint density at radius 2 is 2.11 bits per heavy atom. The number of H-pyrrole nitrogens is 2. The van der Waals surface area contributed by atoms with Crippen LogP contribution in [0.5, 0.6) is 0 Å². The molecule has 0 unspecified atom stereocenters. The molecule has 0 radical (unpaired) electrons. The first-order valence-electron chi connectivity index (χ1n) is 6.46. The minimum absolute atomic E-state index is 0.115. The van der Waals surface area contributed by atoms with Gasteiger partial charge in [0.1, 0.15) is 5.69 Å². The fourth-order valence-corrected chi connectivity index (χ4v) is 2.58. The fourth-order valence-electron chi connectivity index (χ4n) is 2.58. The monoisotopic (exact) mass is 252 g/mol. The summed E-state index contributed by atoms with van der Waals surface area (Å²) < 4.78 is 0. The molecule has 1 aliphatic rings. The van der Waals surface area contributed by atoms with Gasteiger partial charge in [0.2, 0.25) is 0 Å². The molecular formula is C12H20N4O2. The van der Waals surface area contributed by atoms with Crippen LogP contribution in [0, 0.1) is 0 Å². The van der Waals surface area contributed by atoms with E-state index in [1.165, 1.54) is 6.20 Å². The first kappa shape index (κ1) is 12.9. The van der Waals surface area contributed by atoms with E-state index < -0.39 is 0 Å². The number of aromatic amines is 2. The SMILES string of the molecule is CCN(C(=O)c1c[nH]c(=O)[nH]1)C1CCC(N)CC1. The van der Waals surface area contributed by atoms with E-state index in [1.807, 2.05) is 11.8 Å². The quantitative estimate of drug-likeness (QED) is 0.728. The van der Waals surface area contributed by atoms with E-state index in [0.717, 1.165) is 25.7 Å². The van der Waals surface area contributed by atoms with Crippen LogP contribution in [-0.4, -0.2) is 39.4 Å². The van der Waals surface area contributed by atoms with Gasteiger partial charge in [0, 0.05) is 24.8 Å². The molecule has 1 aromatic heterocycles. The molecule has 1 fully saturated rings. The van der Waals surface area contributed by atoms with Crippen molar-refractivity contribution in [1.29, 1.82) is 0 Å². The first-order chi connectivity index (χ1) is 8.61. The topological polar surface area (TPSA) is 95.0 Å². The van der Waals surface area contributed by atoms with Gasteiger partial charge in [-0.1, -0.05) is 0 Å². The van der Waals surface area contributed by atoms with Crippen LogP contribution in [0.2, 0.25) is 0 Å². The molecule has 18 heavy (non-hydrogen) atoms. The molecule has 6 heteroatoms. The number of nitrogens with zero attached hydrogens (tertiary/aromatic N) is 1. The van der Waals surface area contributed by atoms with E-state index in [2.05, 4.69) is 9.97 Å². The fraction of sp³-hybridized carbons (Fsp3) is 0.667. The first-order valence-corrected chi connectivity index (χ1v) is 6.46. The number of hydrogen-bond donors (Lipinski definition) is 3. The molecule has 6 nitrogen and oxygen atoms in total. The Morgan fingerprint density at radius 3 is 2.61 bits per heavy atom. The molecule has 0 bridgehead atoms. The number of rotatable bonds is 3. The summed E-state index contributed by atoms with van der Waals surface area (Å²) in [5, 5.41) is 0. The highest BCUT2D eigenvalue weighted by Gasteiger charge is 2.27. The van der Waals surface area contributed by atoms with Gasteiger partial charge in [-0.25, -0.2) is 4.79 Å². The van der Waals surface area contributed by atoms with Crippen LogP contribution >= 0.6 is 0 Å². The van der Waals surface area contributed by atoms with Gasteiger partial charge in [-0.05, 0) is 32.6 Å². The zero-order valence-electron chi connectivity index (χ0n) is 10.6. The van der Waals surface area contributed by atoms with Crippen molar-refractivity contribution in [2.45, 2.75) is 44.7 Å². The minimum Gasteiger partial charge on any atom is -0.335 e. The second-order valence-electron chi connectivity index (χ2n) is 4.82. The number of aromatic nitrogens is 2. The molecule has 0 spiro atoms. The highest BCUT2D eigenvalue weighted by atomic mass is 16.2. The summed E-state index contributed by atoms with van der Waals surface area (Å²) in [7, 11) is 0. The van der Waals surface area contributed by atoms with Crippen LogP contribution in [0.15, 0.2) is 11.0 Å². The maximum absolute atomic E-state index is 12.3. The molecule has 1 amide bonds. The molecule has 1 aromatic rings. The lowest BCUT2D eigenvalue weighted by Crippen LogP contribution is -2.44. The predicted octanol–water partition coefficient (Wildman–Crippen LogP) is 0.435. The Kier molecular flexibility index (Phi) is 3.86. The van der Waals surface area contributed by atoms with Gasteiger partial charge in [0.05, 0.1) is 0 Å². The number of nitrogens with two attached hydrogens (primary N) is 1. The summed E-state index contributed by atoms with van der Waals surface area (Å²) in [5.74, 6) is -0.115. The van der Waals surface area contributed by atoms with E-state index in [-0.39, 0.29) is 23.7 Å². The summed E-state index contributed by atoms with van der Waals surface area (Å²) in [6, 6.07) is 0.503. The van der Waals surface area contributed by atoms with Crippen molar-refractivity contribution >= 4 is 5.91 Å². The van der Waals surface area contributed by atoms with Gasteiger partial charge < -0.3 is 20.6 Å². The number of hydrogen-bond acceptors (Lipinski definition) is 3. The van der Waals surface area contributed by atoms with Crippen LogP contribution < -0.4 is 11.4 Å². The van der Waals surface area contributed by atoms with Crippen molar-refractivity contribution < 1.29 is 4.79 Å². The highest BCUT2D eigenvalue weighted by molar-refractivity contribution is 5.92. The summed E-state index contributed by atoms with van der Waals surface area (Å²) in [5.41, 5.74) is 5.86. The summed E-state index contributed by atoms with van der Waals surface area (Å²) >= 11 is 0. The Bertz CT molecular complexity index is 457. The van der Waals surface area contributed by atoms with Crippen molar-refractivity contribution in [2.75, 3.05) is 6.54 Å². The van der Waals surface area contributed by atoms with E-state index >= 15 is 0 Å². The Labute approximate surface area is 106 Å². The van der Waals surface area contributed by atoms with Gasteiger partial charge >= 0.3 is 5.69 Å². The number of nitrogens with one attached hydrogen (secondary N) is 2. The summed E-state index contributed by atoms with van der Waals surface area (Å²) in [6.07, 6.45) is 5.23. The van der Waals surface area contributed by atoms with Crippen LogP contribution in [0.1, 0.15) is 43.1 Å². The highest BCUT2D eigenvalue weighted by Crippen LogP contribution is 2.22. The molecule has 1 aliphatic carbocycles. The standard InChI is InChI=1S/C12H20N4O2/c1-2-16(9-5-3-8(13)4-6-9)11(17)10-7-14-12(18)15-10/h7-9H,2-6,13H2,1H3,(H2,14,15,18). The van der Waals surface area contributed by atoms with Gasteiger partial charge in [0.25, 0.3) is 5.91 Å². The third-order valence-corrected chi connectivity index (χ3v) is 3.61. The van der Waals surface area contributed by atoms with Crippen molar-refractivity contribution in [3.05, 3.63) is 22.4 Å². The molecule has 0 atom stereocenters. The van der Waals surface area contributed by atoms with Gasteiger partial charge in [0.15, 0.2) is 0 Å². The van der Waals surface area contributed by atoms with E-state index in [9.17, 15) is 9.59 Å². The van der Waals surface area contributed by atoms with Gasteiger partial charge in [-0.3, -0.25) is 4.79 Å².